The number of carbonyl (C=O) groups excluding carboxylic acids is 2. The van der Waals surface area contributed by atoms with Gasteiger partial charge in [0.15, 0.2) is 11.6 Å². The highest BCUT2D eigenvalue weighted by molar-refractivity contribution is 6.07. The summed E-state index contributed by atoms with van der Waals surface area (Å²) in [4.78, 5) is 26.0. The fourth-order valence-electron chi connectivity index (χ4n) is 6.41. The van der Waals surface area contributed by atoms with Crippen molar-refractivity contribution < 1.29 is 23.8 Å². The molecule has 5 nitrogen and oxygen atoms in total. The average Bonchev–Trinajstić information content (AvgIpc) is 3.18. The molecule has 2 heterocycles. The zero-order chi connectivity index (χ0) is 18.2. The summed E-state index contributed by atoms with van der Waals surface area (Å²) in [5.41, 5.74) is 0.205. The lowest BCUT2D eigenvalue weighted by molar-refractivity contribution is -0.186. The fraction of sp³-hybridized carbons (Fsp3) is 0.714. The van der Waals surface area contributed by atoms with Crippen LogP contribution in [0.1, 0.15) is 45.4 Å². The Morgan fingerprint density at radius 1 is 1.27 bits per heavy atom. The smallest absolute Gasteiger partial charge is 0.320 e. The number of ketones is 1. The minimum Gasteiger partial charge on any atom is -0.461 e. The highest BCUT2D eigenvalue weighted by atomic mass is 16.7. The molecule has 2 bridgehead atoms. The van der Waals surface area contributed by atoms with Crippen molar-refractivity contribution in [3.8, 4) is 0 Å². The van der Waals surface area contributed by atoms with Crippen molar-refractivity contribution in [2.45, 2.75) is 57.3 Å². The highest BCUT2D eigenvalue weighted by Gasteiger charge is 2.68. The van der Waals surface area contributed by atoms with Gasteiger partial charge in [0.05, 0.1) is 13.2 Å². The van der Waals surface area contributed by atoms with E-state index in [2.05, 4.69) is 19.6 Å². The number of hydrogen-bond acceptors (Lipinski definition) is 5. The normalized spacial score (nSPS) is 45.7. The minimum absolute atomic E-state index is 0.0677. The molecule has 5 aliphatic rings. The molecule has 2 saturated heterocycles. The lowest BCUT2D eigenvalue weighted by Crippen LogP contribution is -2.56. The summed E-state index contributed by atoms with van der Waals surface area (Å²) in [6.07, 6.45) is 7.83. The van der Waals surface area contributed by atoms with Gasteiger partial charge in [-0.25, -0.2) is 0 Å². The molecule has 5 atom stereocenters. The molecule has 0 unspecified atom stereocenters. The Balaban J connectivity index is 1.52. The van der Waals surface area contributed by atoms with Crippen LogP contribution in [-0.2, 0) is 23.8 Å². The van der Waals surface area contributed by atoms with Gasteiger partial charge in [0.25, 0.3) is 0 Å². The van der Waals surface area contributed by atoms with Gasteiger partial charge in [-0.2, -0.15) is 0 Å². The average molecular weight is 358 g/mol. The molecule has 4 fully saturated rings. The first-order valence-corrected chi connectivity index (χ1v) is 9.78. The van der Waals surface area contributed by atoms with Gasteiger partial charge in [0, 0.05) is 31.1 Å². The van der Waals surface area contributed by atoms with Gasteiger partial charge >= 0.3 is 5.97 Å². The zero-order valence-corrected chi connectivity index (χ0v) is 15.3. The molecule has 5 rings (SSSR count). The summed E-state index contributed by atoms with van der Waals surface area (Å²) in [5.74, 6) is -0.796. The largest absolute Gasteiger partial charge is 0.461 e. The van der Waals surface area contributed by atoms with E-state index >= 15 is 0 Å². The lowest BCUT2D eigenvalue weighted by atomic mass is 9.49. The second kappa shape index (κ2) is 5.29. The van der Waals surface area contributed by atoms with E-state index in [1.165, 1.54) is 5.57 Å². The Bertz CT molecular complexity index is 718. The predicted octanol–water partition coefficient (Wildman–Crippen LogP) is 2.94. The van der Waals surface area contributed by atoms with Crippen LogP contribution in [0, 0.1) is 22.7 Å². The molecular formula is C21H26O5. The van der Waals surface area contributed by atoms with Gasteiger partial charge in [-0.05, 0) is 24.7 Å². The molecule has 2 saturated carbocycles. The summed E-state index contributed by atoms with van der Waals surface area (Å²) in [6, 6.07) is 0. The van der Waals surface area contributed by atoms with Crippen LogP contribution in [0.15, 0.2) is 24.3 Å². The second-order valence-corrected chi connectivity index (χ2v) is 8.89. The molecule has 26 heavy (non-hydrogen) atoms. The molecule has 0 radical (unpaired) electrons. The third kappa shape index (κ3) is 1.93. The molecule has 5 heteroatoms. The van der Waals surface area contributed by atoms with Crippen LogP contribution in [0.3, 0.4) is 0 Å². The highest BCUT2D eigenvalue weighted by Crippen LogP contribution is 2.63. The Hall–Kier alpha value is -1.46. The number of allylic oxidation sites excluding steroid dienone is 2. The lowest BCUT2D eigenvalue weighted by Gasteiger charge is -2.54. The van der Waals surface area contributed by atoms with Crippen LogP contribution in [0.5, 0.6) is 0 Å². The van der Waals surface area contributed by atoms with Crippen LogP contribution in [0.25, 0.3) is 0 Å². The molecule has 0 amide bonds. The molecule has 3 aliphatic carbocycles. The molecular weight excluding hydrogens is 332 g/mol. The third-order valence-corrected chi connectivity index (χ3v) is 7.72. The Morgan fingerprint density at radius 2 is 2.04 bits per heavy atom. The molecule has 0 aromatic heterocycles. The standard InChI is InChI=1S/C21H26O5/c1-3-6-20-12-15(26-18(20)23)16-14(17(20)22)5-4-13-11-21(24-9-10-25-21)8-7-19(13,16)2/h3-4,14-16H,1,5-12H2,2H3/t14-,15+,16-,19+,20+/m1/s1. The van der Waals surface area contributed by atoms with Crippen molar-refractivity contribution in [2.24, 2.45) is 22.7 Å². The van der Waals surface area contributed by atoms with Crippen LogP contribution < -0.4 is 0 Å². The maximum atomic E-state index is 13.4. The maximum Gasteiger partial charge on any atom is 0.320 e. The second-order valence-electron chi connectivity index (χ2n) is 8.89. The van der Waals surface area contributed by atoms with Crippen LogP contribution in [0.2, 0.25) is 0 Å². The van der Waals surface area contributed by atoms with E-state index in [1.807, 2.05) is 0 Å². The first-order chi connectivity index (χ1) is 12.4. The van der Waals surface area contributed by atoms with Crippen LogP contribution in [0.4, 0.5) is 0 Å². The van der Waals surface area contributed by atoms with Gasteiger partial charge in [-0.1, -0.05) is 24.6 Å². The van der Waals surface area contributed by atoms with E-state index in [4.69, 9.17) is 14.2 Å². The molecule has 140 valence electrons. The SMILES string of the molecule is C=CC[C@@]12C[C@H](OC1=O)[C@H]1[C@@H](CC=C3CC4(CC[C@@]31C)OCCO4)C2=O. The number of Topliss-reactive ketones (excluding diaryl/α,β-unsaturated/α-hetero) is 1. The summed E-state index contributed by atoms with van der Waals surface area (Å²) in [5, 5.41) is 0. The first kappa shape index (κ1) is 16.7. The van der Waals surface area contributed by atoms with Crippen molar-refractivity contribution in [2.75, 3.05) is 13.2 Å². The maximum absolute atomic E-state index is 13.4. The molecule has 0 N–H and O–H groups in total. The van der Waals surface area contributed by atoms with Crippen molar-refractivity contribution in [1.29, 1.82) is 0 Å². The van der Waals surface area contributed by atoms with Crippen molar-refractivity contribution in [1.82, 2.24) is 0 Å². The predicted molar refractivity (Wildman–Crippen MR) is 93.0 cm³/mol. The molecule has 0 aromatic rings. The van der Waals surface area contributed by atoms with Gasteiger partial charge in [-0.15, -0.1) is 6.58 Å². The van der Waals surface area contributed by atoms with E-state index < -0.39 is 11.2 Å². The van der Waals surface area contributed by atoms with E-state index in [0.717, 1.165) is 19.3 Å². The van der Waals surface area contributed by atoms with Crippen molar-refractivity contribution >= 4 is 11.8 Å². The summed E-state index contributed by atoms with van der Waals surface area (Å²) in [6.45, 7) is 7.31. The molecule has 1 spiro atoms. The first-order valence-electron chi connectivity index (χ1n) is 9.78. The molecule has 0 aromatic carbocycles. The Morgan fingerprint density at radius 3 is 2.77 bits per heavy atom. The summed E-state index contributed by atoms with van der Waals surface area (Å²) in [7, 11) is 0. The third-order valence-electron chi connectivity index (χ3n) is 7.72. The zero-order valence-electron chi connectivity index (χ0n) is 15.3. The number of fused-ring (bicyclic) bond motifs is 6. The van der Waals surface area contributed by atoms with E-state index in [9.17, 15) is 9.59 Å². The van der Waals surface area contributed by atoms with E-state index in [-0.39, 0.29) is 35.1 Å². The number of esters is 1. The van der Waals surface area contributed by atoms with E-state index in [1.54, 1.807) is 6.08 Å². The number of ether oxygens (including phenoxy) is 3. The van der Waals surface area contributed by atoms with Crippen molar-refractivity contribution in [3.05, 3.63) is 24.3 Å². The summed E-state index contributed by atoms with van der Waals surface area (Å²) < 4.78 is 17.7. The number of rotatable bonds is 2. The Labute approximate surface area is 153 Å². The molecule has 2 aliphatic heterocycles. The fourth-order valence-corrected chi connectivity index (χ4v) is 6.41. The quantitative estimate of drug-likeness (QED) is 0.431. The minimum atomic E-state index is -0.983. The number of carbonyl (C=O) groups is 2. The van der Waals surface area contributed by atoms with Crippen LogP contribution >= 0.6 is 0 Å². The van der Waals surface area contributed by atoms with Crippen LogP contribution in [-0.4, -0.2) is 36.9 Å². The van der Waals surface area contributed by atoms with Gasteiger partial charge < -0.3 is 14.2 Å². The van der Waals surface area contributed by atoms with E-state index in [0.29, 0.717) is 32.5 Å². The van der Waals surface area contributed by atoms with Gasteiger partial charge in [-0.3, -0.25) is 9.59 Å². The van der Waals surface area contributed by atoms with Crippen molar-refractivity contribution in [3.63, 3.8) is 0 Å². The Kier molecular flexibility index (Phi) is 3.40. The monoisotopic (exact) mass is 358 g/mol. The topological polar surface area (TPSA) is 61.8 Å². The van der Waals surface area contributed by atoms with Gasteiger partial charge in [0.1, 0.15) is 11.5 Å². The number of hydrogen-bond donors (Lipinski definition) is 0. The van der Waals surface area contributed by atoms with Gasteiger partial charge in [0.2, 0.25) is 0 Å². The summed E-state index contributed by atoms with van der Waals surface area (Å²) >= 11 is 0.